The van der Waals surface area contributed by atoms with Crippen LogP contribution in [0.5, 0.6) is 0 Å². The molecular weight excluding hydrogens is 381 g/mol. The van der Waals surface area contributed by atoms with Crippen molar-refractivity contribution in [2.45, 2.75) is 13.8 Å². The van der Waals surface area contributed by atoms with Crippen molar-refractivity contribution >= 4 is 69.2 Å². The van der Waals surface area contributed by atoms with Gasteiger partial charge in [-0.25, -0.2) is 0 Å². The molecule has 1 fully saturated rings. The van der Waals surface area contributed by atoms with Gasteiger partial charge in [0.2, 0.25) is 0 Å². The minimum absolute atomic E-state index is 0.140. The standard InChI is InChI=1S/C18H13Cl2NOS2/c1-10-3-6-14(7-11(10)2)21-17(22)16(24-18(21)23)8-12-4-5-13(19)9-15(12)20/h3-9H,1-2H3. The minimum atomic E-state index is -0.140. The lowest BCUT2D eigenvalue weighted by Crippen LogP contribution is -2.27. The van der Waals surface area contributed by atoms with Gasteiger partial charge in [-0.15, -0.1) is 0 Å². The number of benzene rings is 2. The summed E-state index contributed by atoms with van der Waals surface area (Å²) in [4.78, 5) is 14.9. The maximum Gasteiger partial charge on any atom is 0.270 e. The van der Waals surface area contributed by atoms with E-state index < -0.39 is 0 Å². The van der Waals surface area contributed by atoms with Gasteiger partial charge in [-0.2, -0.15) is 0 Å². The third-order valence-corrected chi connectivity index (χ3v) is 5.66. The van der Waals surface area contributed by atoms with E-state index in [1.165, 1.54) is 17.3 Å². The Kier molecular flexibility index (Phi) is 5.02. The first-order chi connectivity index (χ1) is 11.4. The zero-order chi connectivity index (χ0) is 17.4. The Hall–Kier alpha value is -1.33. The second-order valence-corrected chi connectivity index (χ2v) is 7.97. The molecule has 1 aliphatic heterocycles. The van der Waals surface area contributed by atoms with E-state index in [1.54, 1.807) is 29.2 Å². The summed E-state index contributed by atoms with van der Waals surface area (Å²) in [5.74, 6) is -0.140. The number of carbonyl (C=O) groups excluding carboxylic acids is 1. The minimum Gasteiger partial charge on any atom is -0.268 e. The van der Waals surface area contributed by atoms with Gasteiger partial charge in [0.05, 0.1) is 10.6 Å². The molecule has 1 aliphatic rings. The largest absolute Gasteiger partial charge is 0.270 e. The van der Waals surface area contributed by atoms with Crippen LogP contribution in [0.15, 0.2) is 41.3 Å². The Bertz CT molecular complexity index is 893. The molecule has 2 aromatic carbocycles. The van der Waals surface area contributed by atoms with E-state index in [2.05, 4.69) is 0 Å². The number of hydrogen-bond donors (Lipinski definition) is 0. The number of rotatable bonds is 2. The van der Waals surface area contributed by atoms with E-state index >= 15 is 0 Å². The Labute approximate surface area is 160 Å². The summed E-state index contributed by atoms with van der Waals surface area (Å²) < 4.78 is 0.514. The number of carbonyl (C=O) groups is 1. The molecule has 6 heteroatoms. The van der Waals surface area contributed by atoms with Crippen LogP contribution in [0, 0.1) is 13.8 Å². The number of nitrogens with zero attached hydrogens (tertiary/aromatic N) is 1. The predicted octanol–water partition coefficient (Wildman–Crippen LogP) is 6.02. The van der Waals surface area contributed by atoms with Crippen molar-refractivity contribution in [3.05, 3.63) is 68.0 Å². The van der Waals surface area contributed by atoms with Crippen molar-refractivity contribution in [1.29, 1.82) is 0 Å². The lowest BCUT2D eigenvalue weighted by Gasteiger charge is -2.15. The van der Waals surface area contributed by atoms with Crippen molar-refractivity contribution in [2.75, 3.05) is 4.90 Å². The summed E-state index contributed by atoms with van der Waals surface area (Å²) in [6.45, 7) is 4.05. The molecule has 2 aromatic rings. The van der Waals surface area contributed by atoms with Gasteiger partial charge in [-0.3, -0.25) is 9.69 Å². The van der Waals surface area contributed by atoms with E-state index in [9.17, 15) is 4.79 Å². The molecule has 0 radical (unpaired) electrons. The molecule has 0 N–H and O–H groups in total. The first-order valence-electron chi connectivity index (χ1n) is 7.17. The summed E-state index contributed by atoms with van der Waals surface area (Å²) in [5.41, 5.74) is 3.81. The van der Waals surface area contributed by atoms with Gasteiger partial charge in [0.25, 0.3) is 5.91 Å². The molecule has 0 aliphatic carbocycles. The quantitative estimate of drug-likeness (QED) is 0.459. The van der Waals surface area contributed by atoms with E-state index in [0.29, 0.717) is 19.3 Å². The molecule has 0 spiro atoms. The van der Waals surface area contributed by atoms with E-state index in [0.717, 1.165) is 16.8 Å². The van der Waals surface area contributed by atoms with Crippen LogP contribution in [0.4, 0.5) is 5.69 Å². The predicted molar refractivity (Wildman–Crippen MR) is 108 cm³/mol. The first kappa shape index (κ1) is 17.5. The zero-order valence-corrected chi connectivity index (χ0v) is 16.1. The highest BCUT2D eigenvalue weighted by molar-refractivity contribution is 8.27. The second kappa shape index (κ2) is 6.89. The fraction of sp³-hybridized carbons (Fsp3) is 0.111. The fourth-order valence-corrected chi connectivity index (χ4v) is 4.07. The number of anilines is 1. The lowest BCUT2D eigenvalue weighted by atomic mass is 10.1. The molecule has 0 aromatic heterocycles. The summed E-state index contributed by atoms with van der Waals surface area (Å²) in [6, 6.07) is 11.0. The van der Waals surface area contributed by atoms with E-state index in [4.69, 9.17) is 35.4 Å². The van der Waals surface area contributed by atoms with Crippen LogP contribution in [0.25, 0.3) is 6.08 Å². The topological polar surface area (TPSA) is 20.3 Å². The van der Waals surface area contributed by atoms with Crippen molar-refractivity contribution in [1.82, 2.24) is 0 Å². The molecule has 1 saturated heterocycles. The van der Waals surface area contributed by atoms with Crippen molar-refractivity contribution in [2.24, 2.45) is 0 Å². The Morgan fingerprint density at radius 2 is 1.83 bits per heavy atom. The van der Waals surface area contributed by atoms with Gasteiger partial charge in [-0.05, 0) is 60.9 Å². The van der Waals surface area contributed by atoms with Gasteiger partial charge >= 0.3 is 0 Å². The highest BCUT2D eigenvalue weighted by atomic mass is 35.5. The lowest BCUT2D eigenvalue weighted by molar-refractivity contribution is -0.113. The fourth-order valence-electron chi connectivity index (χ4n) is 2.31. The Balaban J connectivity index is 1.96. The molecule has 2 nitrogen and oxygen atoms in total. The highest BCUT2D eigenvalue weighted by Gasteiger charge is 2.33. The number of thioether (sulfide) groups is 1. The number of aryl methyl sites for hydroxylation is 2. The summed E-state index contributed by atoms with van der Waals surface area (Å²) in [7, 11) is 0. The van der Waals surface area contributed by atoms with Crippen molar-refractivity contribution < 1.29 is 4.79 Å². The highest BCUT2D eigenvalue weighted by Crippen LogP contribution is 2.37. The van der Waals surface area contributed by atoms with E-state index in [1.807, 2.05) is 32.0 Å². The monoisotopic (exact) mass is 393 g/mol. The number of hydrogen-bond acceptors (Lipinski definition) is 3. The molecule has 24 heavy (non-hydrogen) atoms. The molecule has 0 unspecified atom stereocenters. The van der Waals surface area contributed by atoms with Crippen molar-refractivity contribution in [3.8, 4) is 0 Å². The molecule has 1 amide bonds. The van der Waals surface area contributed by atoms with Crippen LogP contribution >= 0.6 is 47.2 Å². The number of amides is 1. The number of thiocarbonyl (C=S) groups is 1. The maximum atomic E-state index is 12.8. The maximum absolute atomic E-state index is 12.8. The Morgan fingerprint density at radius 3 is 2.50 bits per heavy atom. The van der Waals surface area contributed by atoms with E-state index in [-0.39, 0.29) is 5.91 Å². The SMILES string of the molecule is Cc1ccc(N2C(=O)C(=Cc3ccc(Cl)cc3Cl)SC2=S)cc1C. The first-order valence-corrected chi connectivity index (χ1v) is 9.15. The molecule has 122 valence electrons. The molecule has 0 atom stereocenters. The van der Waals surface area contributed by atoms with Gasteiger partial charge in [0.1, 0.15) is 0 Å². The zero-order valence-electron chi connectivity index (χ0n) is 13.0. The Morgan fingerprint density at radius 1 is 1.08 bits per heavy atom. The van der Waals surface area contributed by atoms with Crippen LogP contribution in [0.2, 0.25) is 10.0 Å². The average Bonchev–Trinajstić information content (AvgIpc) is 2.79. The third kappa shape index (κ3) is 3.38. The second-order valence-electron chi connectivity index (χ2n) is 5.45. The molecule has 0 bridgehead atoms. The van der Waals surface area contributed by atoms with Gasteiger partial charge < -0.3 is 0 Å². The smallest absolute Gasteiger partial charge is 0.268 e. The molecular formula is C18H13Cl2NOS2. The normalized spacial score (nSPS) is 16.3. The van der Waals surface area contributed by atoms with Gasteiger partial charge in [0, 0.05) is 10.0 Å². The van der Waals surface area contributed by atoms with Gasteiger partial charge in [-0.1, -0.05) is 59.3 Å². The molecule has 3 rings (SSSR count). The van der Waals surface area contributed by atoms with Crippen LogP contribution < -0.4 is 4.90 Å². The van der Waals surface area contributed by atoms with Gasteiger partial charge in [0.15, 0.2) is 4.32 Å². The summed E-state index contributed by atoms with van der Waals surface area (Å²) in [6.07, 6.45) is 1.75. The van der Waals surface area contributed by atoms with Crippen LogP contribution in [0.3, 0.4) is 0 Å². The van der Waals surface area contributed by atoms with Crippen molar-refractivity contribution in [3.63, 3.8) is 0 Å². The molecule has 1 heterocycles. The number of halogens is 2. The van der Waals surface area contributed by atoms with Crippen LogP contribution in [-0.2, 0) is 4.79 Å². The molecule has 0 saturated carbocycles. The third-order valence-electron chi connectivity index (χ3n) is 3.79. The average molecular weight is 394 g/mol. The summed E-state index contributed by atoms with van der Waals surface area (Å²) >= 11 is 18.8. The summed E-state index contributed by atoms with van der Waals surface area (Å²) in [5, 5.41) is 1.05. The van der Waals surface area contributed by atoms with Crippen LogP contribution in [0.1, 0.15) is 16.7 Å². The van der Waals surface area contributed by atoms with Crippen LogP contribution in [-0.4, -0.2) is 10.2 Å².